The highest BCUT2D eigenvalue weighted by atomic mass is 16.2. The highest BCUT2D eigenvalue weighted by Gasteiger charge is 2.27. The second-order valence-electron chi connectivity index (χ2n) is 5.11. The molecular weight excluding hydrogens is 254 g/mol. The van der Waals surface area contributed by atoms with E-state index < -0.39 is 6.03 Å². The third-order valence-corrected chi connectivity index (χ3v) is 3.45. The average Bonchev–Trinajstić information content (AvgIpc) is 2.73. The van der Waals surface area contributed by atoms with Crippen LogP contribution in [0, 0.1) is 0 Å². The number of fused-ring (bicyclic) bond motifs is 1. The molecule has 108 valence electrons. The Balaban J connectivity index is 1.93. The van der Waals surface area contributed by atoms with Crippen molar-refractivity contribution >= 4 is 17.6 Å². The molecule has 0 spiro atoms. The summed E-state index contributed by atoms with van der Waals surface area (Å²) in [5.74, 6) is -0.276. The summed E-state index contributed by atoms with van der Waals surface area (Å²) in [5.41, 5.74) is 2.34. The molecule has 0 fully saturated rings. The number of rotatable bonds is 4. The van der Waals surface area contributed by atoms with Crippen molar-refractivity contribution in [2.75, 3.05) is 18.0 Å². The Morgan fingerprint density at radius 2 is 2.10 bits per heavy atom. The zero-order chi connectivity index (χ0) is 14.5. The van der Waals surface area contributed by atoms with Crippen LogP contribution in [0.5, 0.6) is 0 Å². The standard InChI is InChI=1S/C15H21N3O2/c1-3-8-16-15(20)17-14(19)10-18-11(2)9-12-6-4-5-7-13(12)18/h4-7,11H,3,8-10H2,1-2H3,(H2,16,17,19,20)/t11-/m1/s1. The lowest BCUT2D eigenvalue weighted by Gasteiger charge is -2.23. The van der Waals surface area contributed by atoms with E-state index in [1.807, 2.05) is 30.0 Å². The van der Waals surface area contributed by atoms with Crippen LogP contribution < -0.4 is 15.5 Å². The van der Waals surface area contributed by atoms with Crippen LogP contribution in [0.2, 0.25) is 0 Å². The second-order valence-corrected chi connectivity index (χ2v) is 5.11. The van der Waals surface area contributed by atoms with Gasteiger partial charge >= 0.3 is 6.03 Å². The van der Waals surface area contributed by atoms with Crippen LogP contribution in [0.15, 0.2) is 24.3 Å². The fraction of sp³-hybridized carbons (Fsp3) is 0.467. The first-order valence-electron chi connectivity index (χ1n) is 7.04. The van der Waals surface area contributed by atoms with Gasteiger partial charge in [-0.1, -0.05) is 25.1 Å². The van der Waals surface area contributed by atoms with Crippen LogP contribution in [-0.2, 0) is 11.2 Å². The van der Waals surface area contributed by atoms with Crippen LogP contribution in [0.3, 0.4) is 0 Å². The minimum Gasteiger partial charge on any atom is -0.359 e. The molecule has 0 saturated heterocycles. The van der Waals surface area contributed by atoms with E-state index >= 15 is 0 Å². The Labute approximate surface area is 119 Å². The van der Waals surface area contributed by atoms with E-state index in [0.717, 1.165) is 18.5 Å². The molecule has 2 N–H and O–H groups in total. The normalized spacial score (nSPS) is 16.7. The number of para-hydroxylation sites is 1. The van der Waals surface area contributed by atoms with Crippen LogP contribution >= 0.6 is 0 Å². The topological polar surface area (TPSA) is 61.4 Å². The molecule has 1 aromatic rings. The average molecular weight is 275 g/mol. The molecule has 2 rings (SSSR count). The van der Waals surface area contributed by atoms with Gasteiger partial charge in [-0.15, -0.1) is 0 Å². The number of nitrogens with one attached hydrogen (secondary N) is 2. The highest BCUT2D eigenvalue weighted by Crippen LogP contribution is 2.31. The Morgan fingerprint density at radius 1 is 1.35 bits per heavy atom. The number of hydrogen-bond donors (Lipinski definition) is 2. The molecule has 1 atom stereocenters. The zero-order valence-electron chi connectivity index (χ0n) is 12.0. The van der Waals surface area contributed by atoms with E-state index in [1.54, 1.807) is 0 Å². The van der Waals surface area contributed by atoms with Crippen molar-refractivity contribution in [3.8, 4) is 0 Å². The number of imide groups is 1. The predicted molar refractivity (Wildman–Crippen MR) is 78.8 cm³/mol. The summed E-state index contributed by atoms with van der Waals surface area (Å²) in [4.78, 5) is 25.4. The van der Waals surface area contributed by atoms with Crippen LogP contribution in [0.4, 0.5) is 10.5 Å². The van der Waals surface area contributed by atoms with Crippen LogP contribution in [0.1, 0.15) is 25.8 Å². The van der Waals surface area contributed by atoms with E-state index in [4.69, 9.17) is 0 Å². The van der Waals surface area contributed by atoms with Gasteiger partial charge in [0.2, 0.25) is 5.91 Å². The molecule has 1 aliphatic heterocycles. The maximum atomic E-state index is 11.9. The number of urea groups is 1. The first-order chi connectivity index (χ1) is 9.61. The van der Waals surface area contributed by atoms with Gasteiger partial charge in [-0.2, -0.15) is 0 Å². The maximum absolute atomic E-state index is 11.9. The second kappa shape index (κ2) is 6.41. The fourth-order valence-corrected chi connectivity index (χ4v) is 2.47. The van der Waals surface area contributed by atoms with Crippen molar-refractivity contribution in [2.24, 2.45) is 0 Å². The molecule has 20 heavy (non-hydrogen) atoms. The van der Waals surface area contributed by atoms with Gasteiger partial charge in [-0.05, 0) is 31.4 Å². The molecule has 0 saturated carbocycles. The lowest BCUT2D eigenvalue weighted by atomic mass is 10.1. The Morgan fingerprint density at radius 3 is 2.85 bits per heavy atom. The summed E-state index contributed by atoms with van der Waals surface area (Å²) in [7, 11) is 0. The lowest BCUT2D eigenvalue weighted by Crippen LogP contribution is -2.46. The summed E-state index contributed by atoms with van der Waals surface area (Å²) < 4.78 is 0. The highest BCUT2D eigenvalue weighted by molar-refractivity contribution is 5.96. The molecule has 0 unspecified atom stereocenters. The van der Waals surface area contributed by atoms with Gasteiger partial charge in [0.1, 0.15) is 0 Å². The monoisotopic (exact) mass is 275 g/mol. The van der Waals surface area contributed by atoms with Gasteiger partial charge in [-0.3, -0.25) is 10.1 Å². The van der Waals surface area contributed by atoms with Gasteiger partial charge in [0.25, 0.3) is 0 Å². The molecule has 3 amide bonds. The minimum absolute atomic E-state index is 0.206. The molecule has 0 radical (unpaired) electrons. The molecule has 1 aromatic carbocycles. The molecule has 5 nitrogen and oxygen atoms in total. The van der Waals surface area contributed by atoms with Crippen molar-refractivity contribution in [2.45, 2.75) is 32.7 Å². The first-order valence-corrected chi connectivity index (χ1v) is 7.04. The van der Waals surface area contributed by atoms with E-state index in [-0.39, 0.29) is 18.5 Å². The van der Waals surface area contributed by atoms with Crippen LogP contribution in [-0.4, -0.2) is 31.1 Å². The molecule has 1 aliphatic rings. The van der Waals surface area contributed by atoms with Gasteiger partial charge in [0.05, 0.1) is 6.54 Å². The number of amides is 3. The number of anilines is 1. The molecule has 0 aliphatic carbocycles. The number of carbonyl (C=O) groups is 2. The number of benzene rings is 1. The summed E-state index contributed by atoms with van der Waals surface area (Å²) in [6, 6.07) is 7.93. The molecule has 0 aromatic heterocycles. The van der Waals surface area contributed by atoms with E-state index in [1.165, 1.54) is 5.56 Å². The van der Waals surface area contributed by atoms with Crippen LogP contribution in [0.25, 0.3) is 0 Å². The fourth-order valence-electron chi connectivity index (χ4n) is 2.47. The molecule has 5 heteroatoms. The lowest BCUT2D eigenvalue weighted by molar-refractivity contribution is -0.118. The molecular formula is C15H21N3O2. The third kappa shape index (κ3) is 3.29. The quantitative estimate of drug-likeness (QED) is 0.878. The van der Waals surface area contributed by atoms with Gasteiger partial charge < -0.3 is 10.2 Å². The van der Waals surface area contributed by atoms with Crippen molar-refractivity contribution in [1.29, 1.82) is 0 Å². The number of carbonyl (C=O) groups excluding carboxylic acids is 2. The summed E-state index contributed by atoms with van der Waals surface area (Å²) in [6.07, 6.45) is 1.78. The van der Waals surface area contributed by atoms with E-state index in [0.29, 0.717) is 6.54 Å². The van der Waals surface area contributed by atoms with Crippen molar-refractivity contribution in [3.63, 3.8) is 0 Å². The van der Waals surface area contributed by atoms with E-state index in [2.05, 4.69) is 23.6 Å². The van der Waals surface area contributed by atoms with Gasteiger partial charge in [-0.25, -0.2) is 4.79 Å². The maximum Gasteiger partial charge on any atom is 0.321 e. The number of nitrogens with zero attached hydrogens (tertiary/aromatic N) is 1. The van der Waals surface area contributed by atoms with E-state index in [9.17, 15) is 9.59 Å². The minimum atomic E-state index is -0.419. The van der Waals surface area contributed by atoms with Gasteiger partial charge in [0, 0.05) is 18.3 Å². The first kappa shape index (κ1) is 14.4. The van der Waals surface area contributed by atoms with Gasteiger partial charge in [0.15, 0.2) is 0 Å². The smallest absolute Gasteiger partial charge is 0.321 e. The summed E-state index contributed by atoms with van der Waals surface area (Å²) in [5, 5.41) is 4.99. The Kier molecular flexibility index (Phi) is 4.61. The Hall–Kier alpha value is -2.04. The third-order valence-electron chi connectivity index (χ3n) is 3.45. The molecule has 1 heterocycles. The number of hydrogen-bond acceptors (Lipinski definition) is 3. The Bertz CT molecular complexity index is 502. The zero-order valence-corrected chi connectivity index (χ0v) is 12.0. The van der Waals surface area contributed by atoms with Crippen molar-refractivity contribution in [3.05, 3.63) is 29.8 Å². The summed E-state index contributed by atoms with van der Waals surface area (Å²) >= 11 is 0. The van der Waals surface area contributed by atoms with Crippen molar-refractivity contribution < 1.29 is 9.59 Å². The molecule has 0 bridgehead atoms. The largest absolute Gasteiger partial charge is 0.359 e. The SMILES string of the molecule is CCCNC(=O)NC(=O)CN1c2ccccc2C[C@H]1C. The predicted octanol–water partition coefficient (Wildman–Crippen LogP) is 1.67. The van der Waals surface area contributed by atoms with Crippen molar-refractivity contribution in [1.82, 2.24) is 10.6 Å². The summed E-state index contributed by atoms with van der Waals surface area (Å²) in [6.45, 7) is 4.83.